The minimum absolute atomic E-state index is 0.277. The van der Waals surface area contributed by atoms with Crippen molar-refractivity contribution >= 4 is 12.0 Å². The summed E-state index contributed by atoms with van der Waals surface area (Å²) >= 11 is 0. The fourth-order valence-electron chi connectivity index (χ4n) is 2.61. The van der Waals surface area contributed by atoms with Gasteiger partial charge in [0.05, 0.1) is 12.7 Å². The zero-order valence-corrected chi connectivity index (χ0v) is 12.4. The van der Waals surface area contributed by atoms with Crippen LogP contribution < -0.4 is 0 Å². The molecular formula is C18H18O4. The Labute approximate surface area is 129 Å². The minimum Gasteiger partial charge on any atom is -0.465 e. The van der Waals surface area contributed by atoms with Crippen molar-refractivity contribution in [1.29, 1.82) is 0 Å². The average Bonchev–Trinajstić information content (AvgIpc) is 2.89. The molecule has 4 nitrogen and oxygen atoms in total. The molecule has 0 aliphatic carbocycles. The summed E-state index contributed by atoms with van der Waals surface area (Å²) in [5.74, 6) is 0.446. The van der Waals surface area contributed by atoms with Crippen molar-refractivity contribution in [2.75, 3.05) is 6.61 Å². The van der Waals surface area contributed by atoms with Crippen LogP contribution in [0.2, 0.25) is 0 Å². The Morgan fingerprint density at radius 1 is 1.27 bits per heavy atom. The number of ether oxygens (including phenoxy) is 1. The SMILES string of the molecule is Cc1cc(-c2ccccc2)c(C=CC2C(=O)OCCC2O)o1. The summed E-state index contributed by atoms with van der Waals surface area (Å²) in [4.78, 5) is 11.7. The molecule has 3 rings (SSSR count). The highest BCUT2D eigenvalue weighted by atomic mass is 16.5. The molecule has 1 saturated heterocycles. The average molecular weight is 298 g/mol. The largest absolute Gasteiger partial charge is 0.465 e. The molecule has 1 aliphatic heterocycles. The molecule has 0 spiro atoms. The van der Waals surface area contributed by atoms with Gasteiger partial charge in [0.25, 0.3) is 0 Å². The van der Waals surface area contributed by atoms with Crippen LogP contribution in [-0.2, 0) is 9.53 Å². The predicted molar refractivity (Wildman–Crippen MR) is 83.0 cm³/mol. The van der Waals surface area contributed by atoms with E-state index in [9.17, 15) is 9.90 Å². The molecule has 0 amide bonds. The van der Waals surface area contributed by atoms with Crippen LogP contribution in [0.1, 0.15) is 17.9 Å². The molecule has 0 radical (unpaired) electrons. The van der Waals surface area contributed by atoms with Crippen LogP contribution in [0.25, 0.3) is 17.2 Å². The van der Waals surface area contributed by atoms with Crippen LogP contribution in [0.15, 0.2) is 46.9 Å². The number of aliphatic hydroxyl groups excluding tert-OH is 1. The maximum atomic E-state index is 11.7. The summed E-state index contributed by atoms with van der Waals surface area (Å²) in [5, 5.41) is 9.93. The first-order chi connectivity index (χ1) is 10.6. The molecule has 4 heteroatoms. The summed E-state index contributed by atoms with van der Waals surface area (Å²) < 4.78 is 10.7. The van der Waals surface area contributed by atoms with Crippen LogP contribution in [0.5, 0.6) is 0 Å². The molecule has 2 aromatic rings. The van der Waals surface area contributed by atoms with E-state index in [0.29, 0.717) is 12.2 Å². The number of rotatable bonds is 3. The molecule has 2 unspecified atom stereocenters. The number of hydrogen-bond donors (Lipinski definition) is 1. The van der Waals surface area contributed by atoms with E-state index >= 15 is 0 Å². The quantitative estimate of drug-likeness (QED) is 0.884. The topological polar surface area (TPSA) is 59.7 Å². The fraction of sp³-hybridized carbons (Fsp3) is 0.278. The zero-order valence-electron chi connectivity index (χ0n) is 12.4. The van der Waals surface area contributed by atoms with Crippen molar-refractivity contribution in [1.82, 2.24) is 0 Å². The van der Waals surface area contributed by atoms with E-state index in [1.807, 2.05) is 43.3 Å². The minimum atomic E-state index is -0.700. The Kier molecular flexibility index (Phi) is 4.11. The zero-order chi connectivity index (χ0) is 15.5. The van der Waals surface area contributed by atoms with Gasteiger partial charge in [0.2, 0.25) is 0 Å². The molecule has 1 aromatic carbocycles. The molecule has 1 aromatic heterocycles. The second-order valence-electron chi connectivity index (χ2n) is 5.41. The van der Waals surface area contributed by atoms with Crippen molar-refractivity contribution in [3.05, 3.63) is 54.0 Å². The number of esters is 1. The fourth-order valence-corrected chi connectivity index (χ4v) is 2.61. The molecule has 2 atom stereocenters. The Bertz CT molecular complexity index is 684. The number of carbonyl (C=O) groups is 1. The van der Waals surface area contributed by atoms with Crippen LogP contribution in [0.3, 0.4) is 0 Å². The van der Waals surface area contributed by atoms with Gasteiger partial charge in [-0.15, -0.1) is 0 Å². The van der Waals surface area contributed by atoms with Crippen molar-refractivity contribution in [2.45, 2.75) is 19.4 Å². The van der Waals surface area contributed by atoms with E-state index in [-0.39, 0.29) is 12.6 Å². The van der Waals surface area contributed by atoms with Gasteiger partial charge in [0.15, 0.2) is 0 Å². The van der Waals surface area contributed by atoms with Crippen LogP contribution in [-0.4, -0.2) is 23.8 Å². The lowest BCUT2D eigenvalue weighted by atomic mass is 9.96. The summed E-state index contributed by atoms with van der Waals surface area (Å²) in [6.07, 6.45) is 3.17. The Balaban J connectivity index is 1.89. The van der Waals surface area contributed by atoms with Crippen LogP contribution >= 0.6 is 0 Å². The van der Waals surface area contributed by atoms with E-state index in [2.05, 4.69) is 0 Å². The third kappa shape index (κ3) is 2.97. The van der Waals surface area contributed by atoms with E-state index < -0.39 is 12.0 Å². The molecule has 22 heavy (non-hydrogen) atoms. The van der Waals surface area contributed by atoms with Gasteiger partial charge in [-0.05, 0) is 24.6 Å². The highest BCUT2D eigenvalue weighted by Gasteiger charge is 2.30. The first kappa shape index (κ1) is 14.6. The number of furan rings is 1. The van der Waals surface area contributed by atoms with Crippen molar-refractivity contribution in [3.8, 4) is 11.1 Å². The highest BCUT2D eigenvalue weighted by molar-refractivity contribution is 5.79. The van der Waals surface area contributed by atoms with Gasteiger partial charge in [-0.3, -0.25) is 4.79 Å². The monoisotopic (exact) mass is 298 g/mol. The molecule has 0 bridgehead atoms. The Hall–Kier alpha value is -2.33. The van der Waals surface area contributed by atoms with Gasteiger partial charge in [-0.1, -0.05) is 36.4 Å². The van der Waals surface area contributed by atoms with Gasteiger partial charge in [-0.2, -0.15) is 0 Å². The number of hydrogen-bond acceptors (Lipinski definition) is 4. The Morgan fingerprint density at radius 2 is 2.05 bits per heavy atom. The predicted octanol–water partition coefficient (Wildman–Crippen LogP) is 3.19. The van der Waals surface area contributed by atoms with Crippen molar-refractivity contribution in [3.63, 3.8) is 0 Å². The third-order valence-electron chi connectivity index (χ3n) is 3.77. The van der Waals surface area contributed by atoms with Gasteiger partial charge < -0.3 is 14.3 Å². The molecule has 1 N–H and O–H groups in total. The van der Waals surface area contributed by atoms with Crippen molar-refractivity contribution in [2.24, 2.45) is 5.92 Å². The first-order valence-corrected chi connectivity index (χ1v) is 7.34. The molecule has 114 valence electrons. The highest BCUT2D eigenvalue weighted by Crippen LogP contribution is 2.29. The number of aliphatic hydroxyl groups is 1. The molecule has 2 heterocycles. The van der Waals surface area contributed by atoms with Crippen LogP contribution in [0, 0.1) is 12.8 Å². The van der Waals surface area contributed by atoms with Gasteiger partial charge in [0.1, 0.15) is 17.4 Å². The number of aryl methyl sites for hydroxylation is 1. The number of benzene rings is 1. The first-order valence-electron chi connectivity index (χ1n) is 7.34. The van der Waals surface area contributed by atoms with E-state index in [1.54, 1.807) is 12.2 Å². The summed E-state index contributed by atoms with van der Waals surface area (Å²) in [6.45, 7) is 2.16. The summed E-state index contributed by atoms with van der Waals surface area (Å²) in [6, 6.07) is 11.9. The molecular weight excluding hydrogens is 280 g/mol. The number of carbonyl (C=O) groups excluding carboxylic acids is 1. The van der Waals surface area contributed by atoms with Crippen molar-refractivity contribution < 1.29 is 19.1 Å². The third-order valence-corrected chi connectivity index (χ3v) is 3.77. The maximum Gasteiger partial charge on any atom is 0.315 e. The Morgan fingerprint density at radius 3 is 2.77 bits per heavy atom. The maximum absolute atomic E-state index is 11.7. The van der Waals surface area contributed by atoms with Gasteiger partial charge in [-0.25, -0.2) is 0 Å². The summed E-state index contributed by atoms with van der Waals surface area (Å²) in [5.41, 5.74) is 2.01. The lowest BCUT2D eigenvalue weighted by Crippen LogP contribution is -2.34. The number of cyclic esters (lactones) is 1. The summed E-state index contributed by atoms with van der Waals surface area (Å²) in [7, 11) is 0. The van der Waals surface area contributed by atoms with E-state index in [4.69, 9.17) is 9.15 Å². The second kappa shape index (κ2) is 6.20. The lowest BCUT2D eigenvalue weighted by Gasteiger charge is -2.23. The van der Waals surface area contributed by atoms with Gasteiger partial charge >= 0.3 is 5.97 Å². The van der Waals surface area contributed by atoms with Crippen LogP contribution in [0.4, 0.5) is 0 Å². The lowest BCUT2D eigenvalue weighted by molar-refractivity contribution is -0.157. The second-order valence-corrected chi connectivity index (χ2v) is 5.41. The normalized spacial score (nSPS) is 22.0. The molecule has 0 saturated carbocycles. The smallest absolute Gasteiger partial charge is 0.315 e. The molecule has 1 aliphatic rings. The molecule has 1 fully saturated rings. The van der Waals surface area contributed by atoms with Gasteiger partial charge in [0, 0.05) is 12.0 Å². The standard InChI is InChI=1S/C18H18O4/c1-12-11-15(13-5-3-2-4-6-13)17(22-12)8-7-14-16(19)9-10-21-18(14)20/h2-8,11,14,16,19H,9-10H2,1H3. The van der Waals surface area contributed by atoms with E-state index in [1.165, 1.54) is 0 Å². The van der Waals surface area contributed by atoms with E-state index in [0.717, 1.165) is 16.9 Å².